The number of carbonyl (C=O) groups is 1. The van der Waals surface area contributed by atoms with Gasteiger partial charge in [0, 0.05) is 24.6 Å². The molecule has 28 heavy (non-hydrogen) atoms. The van der Waals surface area contributed by atoms with Crippen molar-refractivity contribution in [3.63, 3.8) is 0 Å². The van der Waals surface area contributed by atoms with E-state index in [9.17, 15) is 13.2 Å². The molecule has 4 rings (SSSR count). The minimum absolute atomic E-state index is 0.0102. The molecule has 1 aromatic carbocycles. The van der Waals surface area contributed by atoms with Crippen molar-refractivity contribution in [2.45, 2.75) is 36.4 Å². The predicted molar refractivity (Wildman–Crippen MR) is 110 cm³/mol. The number of pyridine rings is 1. The third-order valence-electron chi connectivity index (χ3n) is 5.31. The fourth-order valence-electron chi connectivity index (χ4n) is 3.83. The van der Waals surface area contributed by atoms with Crippen LogP contribution >= 0.6 is 11.8 Å². The molecule has 1 amide bonds. The third-order valence-corrected chi connectivity index (χ3v) is 7.98. The van der Waals surface area contributed by atoms with Crippen LogP contribution in [0.15, 0.2) is 41.4 Å². The highest BCUT2D eigenvalue weighted by Crippen LogP contribution is 2.24. The van der Waals surface area contributed by atoms with Crippen LogP contribution in [-0.2, 0) is 19.4 Å². The zero-order valence-corrected chi connectivity index (χ0v) is 17.3. The lowest BCUT2D eigenvalue weighted by Crippen LogP contribution is -2.46. The van der Waals surface area contributed by atoms with Crippen molar-refractivity contribution < 1.29 is 17.9 Å². The van der Waals surface area contributed by atoms with Crippen LogP contribution in [-0.4, -0.2) is 66.8 Å². The molecular formula is C20H24N2O4S2. The van der Waals surface area contributed by atoms with Crippen LogP contribution in [0.1, 0.15) is 19.3 Å². The van der Waals surface area contributed by atoms with Crippen LogP contribution in [0.3, 0.4) is 0 Å². The van der Waals surface area contributed by atoms with Gasteiger partial charge in [-0.15, -0.1) is 0 Å². The molecule has 2 aliphatic heterocycles. The van der Waals surface area contributed by atoms with Gasteiger partial charge in [-0.3, -0.25) is 4.79 Å². The summed E-state index contributed by atoms with van der Waals surface area (Å²) >= 11 is 1.40. The molecule has 6 nitrogen and oxygen atoms in total. The standard InChI is InChI=1S/C20H24N2O4S2/c23-20(13-27-19-8-7-15-4-1-2-6-18(15)21-19)22(12-17-5-3-10-26-17)16-9-11-28(24,25)14-16/h1-2,4,6-8,16-17H,3,5,9-14H2. The lowest BCUT2D eigenvalue weighted by atomic mass is 10.1. The van der Waals surface area contributed by atoms with E-state index in [-0.39, 0.29) is 35.3 Å². The molecule has 1 aromatic heterocycles. The average Bonchev–Trinajstić information content (AvgIpc) is 3.33. The minimum atomic E-state index is -3.05. The van der Waals surface area contributed by atoms with Gasteiger partial charge in [0.25, 0.3) is 0 Å². The van der Waals surface area contributed by atoms with Crippen LogP contribution < -0.4 is 0 Å². The molecule has 2 fully saturated rings. The number of aromatic nitrogens is 1. The minimum Gasteiger partial charge on any atom is -0.376 e. The van der Waals surface area contributed by atoms with E-state index in [0.717, 1.165) is 28.8 Å². The second kappa shape index (κ2) is 8.39. The first-order valence-electron chi connectivity index (χ1n) is 9.60. The number of benzene rings is 1. The number of hydrogen-bond acceptors (Lipinski definition) is 6. The van der Waals surface area contributed by atoms with Gasteiger partial charge in [0.2, 0.25) is 5.91 Å². The summed E-state index contributed by atoms with van der Waals surface area (Å²) in [7, 11) is -3.05. The van der Waals surface area contributed by atoms with Crippen LogP contribution in [0, 0.1) is 0 Å². The maximum atomic E-state index is 13.0. The summed E-state index contributed by atoms with van der Waals surface area (Å²) in [5, 5.41) is 1.86. The summed E-state index contributed by atoms with van der Waals surface area (Å²) in [6.45, 7) is 1.19. The van der Waals surface area contributed by atoms with E-state index in [1.807, 2.05) is 36.4 Å². The molecule has 3 heterocycles. The van der Waals surface area contributed by atoms with Crippen molar-refractivity contribution in [1.82, 2.24) is 9.88 Å². The van der Waals surface area contributed by atoms with Crippen molar-refractivity contribution >= 4 is 38.4 Å². The van der Waals surface area contributed by atoms with E-state index in [1.54, 1.807) is 4.90 Å². The number of amides is 1. The highest BCUT2D eigenvalue weighted by Gasteiger charge is 2.36. The molecule has 2 saturated heterocycles. The molecule has 2 aromatic rings. The number of thioether (sulfide) groups is 1. The highest BCUT2D eigenvalue weighted by molar-refractivity contribution is 7.99. The van der Waals surface area contributed by atoms with E-state index >= 15 is 0 Å². The second-order valence-corrected chi connectivity index (χ2v) is 10.6. The Labute approximate surface area is 169 Å². The number of hydrogen-bond donors (Lipinski definition) is 0. The van der Waals surface area contributed by atoms with Crippen LogP contribution in [0.4, 0.5) is 0 Å². The van der Waals surface area contributed by atoms with Gasteiger partial charge in [-0.05, 0) is 31.4 Å². The fraction of sp³-hybridized carbons (Fsp3) is 0.500. The lowest BCUT2D eigenvalue weighted by Gasteiger charge is -2.30. The van der Waals surface area contributed by atoms with Gasteiger partial charge in [-0.25, -0.2) is 13.4 Å². The first kappa shape index (κ1) is 19.7. The van der Waals surface area contributed by atoms with E-state index in [0.29, 0.717) is 19.6 Å². The SMILES string of the molecule is O=C(CSc1ccc2ccccc2n1)N(CC1CCCO1)C1CCS(=O)(=O)C1. The number of ether oxygens (including phenoxy) is 1. The van der Waals surface area contributed by atoms with Crippen molar-refractivity contribution in [1.29, 1.82) is 0 Å². The predicted octanol–water partition coefficient (Wildman–Crippen LogP) is 2.52. The van der Waals surface area contributed by atoms with Gasteiger partial charge in [0.1, 0.15) is 0 Å². The Hall–Kier alpha value is -1.64. The molecule has 0 bridgehead atoms. The monoisotopic (exact) mass is 420 g/mol. The molecule has 150 valence electrons. The third kappa shape index (κ3) is 4.67. The fourth-order valence-corrected chi connectivity index (χ4v) is 6.32. The van der Waals surface area contributed by atoms with Gasteiger partial charge in [-0.2, -0.15) is 0 Å². The second-order valence-electron chi connectivity index (χ2n) is 7.37. The summed E-state index contributed by atoms with van der Waals surface area (Å²) in [6.07, 6.45) is 2.43. The first-order chi connectivity index (χ1) is 13.5. The molecular weight excluding hydrogens is 396 g/mol. The first-order valence-corrected chi connectivity index (χ1v) is 12.4. The molecule has 0 N–H and O–H groups in total. The smallest absolute Gasteiger partial charge is 0.233 e. The Bertz CT molecular complexity index is 958. The van der Waals surface area contributed by atoms with Crippen molar-refractivity contribution in [2.24, 2.45) is 0 Å². The largest absolute Gasteiger partial charge is 0.376 e. The van der Waals surface area contributed by atoms with Crippen molar-refractivity contribution in [2.75, 3.05) is 30.4 Å². The van der Waals surface area contributed by atoms with Gasteiger partial charge in [-0.1, -0.05) is 36.0 Å². The normalized spacial score (nSPS) is 23.9. The van der Waals surface area contributed by atoms with Gasteiger partial charge < -0.3 is 9.64 Å². The van der Waals surface area contributed by atoms with Crippen LogP contribution in [0.5, 0.6) is 0 Å². The van der Waals surface area contributed by atoms with E-state index < -0.39 is 9.84 Å². The molecule has 0 spiro atoms. The molecule has 0 aliphatic carbocycles. The average molecular weight is 421 g/mol. The van der Waals surface area contributed by atoms with Crippen molar-refractivity contribution in [3.05, 3.63) is 36.4 Å². The lowest BCUT2D eigenvalue weighted by molar-refractivity contribution is -0.131. The summed E-state index contributed by atoms with van der Waals surface area (Å²) in [5.74, 6) is 0.420. The summed E-state index contributed by atoms with van der Waals surface area (Å²) in [5.41, 5.74) is 0.901. The summed E-state index contributed by atoms with van der Waals surface area (Å²) in [4.78, 5) is 19.3. The number of rotatable bonds is 6. The Kier molecular flexibility index (Phi) is 5.89. The summed E-state index contributed by atoms with van der Waals surface area (Å²) < 4.78 is 29.5. The Morgan fingerprint density at radius 3 is 2.82 bits per heavy atom. The van der Waals surface area contributed by atoms with E-state index in [1.165, 1.54) is 11.8 Å². The van der Waals surface area contributed by atoms with E-state index in [4.69, 9.17) is 4.74 Å². The maximum absolute atomic E-state index is 13.0. The topological polar surface area (TPSA) is 76.6 Å². The van der Waals surface area contributed by atoms with Crippen LogP contribution in [0.25, 0.3) is 10.9 Å². The Morgan fingerprint density at radius 1 is 1.21 bits per heavy atom. The zero-order chi connectivity index (χ0) is 19.6. The molecule has 2 atom stereocenters. The zero-order valence-electron chi connectivity index (χ0n) is 15.6. The molecule has 8 heteroatoms. The summed E-state index contributed by atoms with van der Waals surface area (Å²) in [6, 6.07) is 11.6. The van der Waals surface area contributed by atoms with Gasteiger partial charge >= 0.3 is 0 Å². The Morgan fingerprint density at radius 2 is 2.07 bits per heavy atom. The molecule has 2 aliphatic rings. The Balaban J connectivity index is 1.44. The maximum Gasteiger partial charge on any atom is 0.233 e. The highest BCUT2D eigenvalue weighted by atomic mass is 32.2. The van der Waals surface area contributed by atoms with E-state index in [2.05, 4.69) is 4.98 Å². The van der Waals surface area contributed by atoms with Gasteiger partial charge in [0.05, 0.1) is 33.9 Å². The molecule has 0 radical (unpaired) electrons. The van der Waals surface area contributed by atoms with Crippen LogP contribution in [0.2, 0.25) is 0 Å². The molecule has 0 saturated carbocycles. The number of nitrogens with zero attached hydrogens (tertiary/aromatic N) is 2. The molecule has 2 unspecified atom stereocenters. The number of sulfone groups is 1. The number of para-hydroxylation sites is 1. The quantitative estimate of drug-likeness (QED) is 0.669. The number of carbonyl (C=O) groups excluding carboxylic acids is 1. The van der Waals surface area contributed by atoms with Gasteiger partial charge in [0.15, 0.2) is 9.84 Å². The van der Waals surface area contributed by atoms with Crippen molar-refractivity contribution in [3.8, 4) is 0 Å². The number of fused-ring (bicyclic) bond motifs is 1.